The van der Waals surface area contributed by atoms with Crippen LogP contribution in [0.5, 0.6) is 5.75 Å². The van der Waals surface area contributed by atoms with Gasteiger partial charge in [-0.1, -0.05) is 42.5 Å². The van der Waals surface area contributed by atoms with Gasteiger partial charge in [0, 0.05) is 13.0 Å². The summed E-state index contributed by atoms with van der Waals surface area (Å²) in [6.07, 6.45) is 4.72. The highest BCUT2D eigenvalue weighted by molar-refractivity contribution is 5.69. The molecule has 1 aliphatic rings. The Bertz CT molecular complexity index is 721. The highest BCUT2D eigenvalue weighted by Crippen LogP contribution is 2.21. The minimum atomic E-state index is -0.0471. The average molecular weight is 396 g/mol. The third-order valence-electron chi connectivity index (χ3n) is 5.53. The molecule has 0 radical (unpaired) electrons. The van der Waals surface area contributed by atoms with E-state index in [0.29, 0.717) is 18.9 Å². The van der Waals surface area contributed by atoms with Crippen LogP contribution in [0.4, 0.5) is 0 Å². The molecule has 4 heteroatoms. The molecule has 0 aliphatic carbocycles. The number of esters is 1. The summed E-state index contributed by atoms with van der Waals surface area (Å²) < 4.78 is 11.0. The number of likely N-dealkylation sites (tertiary alicyclic amines) is 1. The molecule has 0 atom stereocenters. The first-order chi connectivity index (χ1) is 14.2. The van der Waals surface area contributed by atoms with Gasteiger partial charge in [0.1, 0.15) is 5.75 Å². The van der Waals surface area contributed by atoms with E-state index in [1.165, 1.54) is 11.1 Å². The number of hydrogen-bond donors (Lipinski definition) is 0. The molecule has 29 heavy (non-hydrogen) atoms. The van der Waals surface area contributed by atoms with Crippen LogP contribution in [0.2, 0.25) is 0 Å². The second-order valence-electron chi connectivity index (χ2n) is 7.80. The van der Waals surface area contributed by atoms with E-state index in [9.17, 15) is 4.79 Å². The van der Waals surface area contributed by atoms with Crippen LogP contribution in [0.1, 0.15) is 43.7 Å². The first kappa shape index (κ1) is 21.4. The fraction of sp³-hybridized carbons (Fsp3) is 0.480. The third kappa shape index (κ3) is 7.54. The number of piperidine rings is 1. The predicted octanol–water partition coefficient (Wildman–Crippen LogP) is 4.71. The summed E-state index contributed by atoms with van der Waals surface area (Å²) in [5, 5.41) is 0. The van der Waals surface area contributed by atoms with Crippen molar-refractivity contribution in [2.24, 2.45) is 5.92 Å². The third-order valence-corrected chi connectivity index (χ3v) is 5.53. The van der Waals surface area contributed by atoms with Gasteiger partial charge in [0.15, 0.2) is 0 Å². The smallest absolute Gasteiger partial charge is 0.306 e. The topological polar surface area (TPSA) is 38.8 Å². The van der Waals surface area contributed by atoms with Crippen molar-refractivity contribution in [3.8, 4) is 5.75 Å². The maximum Gasteiger partial charge on any atom is 0.306 e. The molecule has 2 aromatic carbocycles. The number of benzene rings is 2. The van der Waals surface area contributed by atoms with Gasteiger partial charge in [-0.05, 0) is 74.9 Å². The molecule has 1 fully saturated rings. The molecule has 0 spiro atoms. The van der Waals surface area contributed by atoms with Crippen molar-refractivity contribution in [1.29, 1.82) is 0 Å². The quantitative estimate of drug-likeness (QED) is 0.431. The molecule has 4 nitrogen and oxygen atoms in total. The van der Waals surface area contributed by atoms with Crippen LogP contribution >= 0.6 is 0 Å². The van der Waals surface area contributed by atoms with Crippen LogP contribution in [-0.4, -0.2) is 43.7 Å². The molecular formula is C25H33NO3. The number of ether oxygens (including phenoxy) is 2. The van der Waals surface area contributed by atoms with E-state index in [2.05, 4.69) is 53.4 Å². The van der Waals surface area contributed by atoms with Gasteiger partial charge in [-0.25, -0.2) is 0 Å². The molecule has 0 saturated carbocycles. The van der Waals surface area contributed by atoms with E-state index in [4.69, 9.17) is 9.47 Å². The molecule has 0 unspecified atom stereocenters. The molecule has 3 rings (SSSR count). The van der Waals surface area contributed by atoms with Gasteiger partial charge in [-0.3, -0.25) is 4.79 Å². The molecule has 0 bridgehead atoms. The highest BCUT2D eigenvalue weighted by atomic mass is 16.5. The summed E-state index contributed by atoms with van der Waals surface area (Å²) in [6.45, 7) is 6.27. The number of nitrogens with zero attached hydrogens (tertiary/aromatic N) is 1. The van der Waals surface area contributed by atoms with Crippen molar-refractivity contribution >= 4 is 5.97 Å². The second kappa shape index (κ2) is 11.6. The van der Waals surface area contributed by atoms with Crippen LogP contribution in [0.15, 0.2) is 54.6 Å². The van der Waals surface area contributed by atoms with E-state index in [0.717, 1.165) is 57.7 Å². The summed E-state index contributed by atoms with van der Waals surface area (Å²) in [6, 6.07) is 19.0. The minimum absolute atomic E-state index is 0.0471. The Morgan fingerprint density at radius 1 is 1.00 bits per heavy atom. The summed E-state index contributed by atoms with van der Waals surface area (Å²) in [5.74, 6) is 1.38. The van der Waals surface area contributed by atoms with Crippen LogP contribution in [0, 0.1) is 5.92 Å². The summed E-state index contributed by atoms with van der Waals surface area (Å²) in [7, 11) is 0. The lowest BCUT2D eigenvalue weighted by Gasteiger charge is -2.31. The summed E-state index contributed by atoms with van der Waals surface area (Å²) >= 11 is 0. The fourth-order valence-corrected chi connectivity index (χ4v) is 3.88. The van der Waals surface area contributed by atoms with Crippen molar-refractivity contribution < 1.29 is 14.3 Å². The first-order valence-electron chi connectivity index (χ1n) is 10.9. The van der Waals surface area contributed by atoms with Gasteiger partial charge >= 0.3 is 5.97 Å². The molecule has 156 valence electrons. The fourth-order valence-electron chi connectivity index (χ4n) is 3.88. The van der Waals surface area contributed by atoms with Crippen LogP contribution in [0.25, 0.3) is 0 Å². The maximum atomic E-state index is 11.6. The van der Waals surface area contributed by atoms with E-state index in [1.54, 1.807) is 0 Å². The Kier molecular flexibility index (Phi) is 8.57. The zero-order chi connectivity index (χ0) is 20.3. The lowest BCUT2D eigenvalue weighted by Crippen LogP contribution is -2.35. The van der Waals surface area contributed by atoms with Crippen molar-refractivity contribution in [2.75, 3.05) is 32.8 Å². The van der Waals surface area contributed by atoms with Gasteiger partial charge in [0.2, 0.25) is 0 Å². The lowest BCUT2D eigenvalue weighted by molar-refractivity contribution is -0.144. The van der Waals surface area contributed by atoms with Crippen molar-refractivity contribution in [1.82, 2.24) is 4.90 Å². The molecule has 0 amide bonds. The van der Waals surface area contributed by atoms with Crippen LogP contribution in [0.3, 0.4) is 0 Å². The molecule has 2 aromatic rings. The standard InChI is InChI=1S/C25H33NO3/c1-2-28-25(27)20-23-13-16-26(17-14-23)15-6-18-29-24-11-9-22(10-12-24)19-21-7-4-3-5-8-21/h3-5,7-12,23H,2,6,13-20H2,1H3. The predicted molar refractivity (Wildman–Crippen MR) is 116 cm³/mol. The highest BCUT2D eigenvalue weighted by Gasteiger charge is 2.21. The average Bonchev–Trinajstić information content (AvgIpc) is 2.74. The van der Waals surface area contributed by atoms with Gasteiger partial charge in [0.05, 0.1) is 13.2 Å². The molecule has 1 heterocycles. The largest absolute Gasteiger partial charge is 0.494 e. The van der Waals surface area contributed by atoms with E-state index >= 15 is 0 Å². The van der Waals surface area contributed by atoms with E-state index < -0.39 is 0 Å². The zero-order valence-electron chi connectivity index (χ0n) is 17.5. The maximum absolute atomic E-state index is 11.6. The Labute approximate surface area is 174 Å². The second-order valence-corrected chi connectivity index (χ2v) is 7.80. The number of hydrogen-bond acceptors (Lipinski definition) is 4. The minimum Gasteiger partial charge on any atom is -0.494 e. The van der Waals surface area contributed by atoms with Crippen molar-refractivity contribution in [3.63, 3.8) is 0 Å². The monoisotopic (exact) mass is 395 g/mol. The van der Waals surface area contributed by atoms with Crippen molar-refractivity contribution in [3.05, 3.63) is 65.7 Å². The van der Waals surface area contributed by atoms with Gasteiger partial charge in [-0.15, -0.1) is 0 Å². The Balaban J connectivity index is 1.29. The number of rotatable bonds is 10. The SMILES string of the molecule is CCOC(=O)CC1CCN(CCCOc2ccc(Cc3ccccc3)cc2)CC1. The van der Waals surface area contributed by atoms with Gasteiger partial charge in [-0.2, -0.15) is 0 Å². The van der Waals surface area contributed by atoms with Crippen molar-refractivity contribution in [2.45, 2.75) is 39.0 Å². The summed E-state index contributed by atoms with van der Waals surface area (Å²) in [4.78, 5) is 14.1. The Hall–Kier alpha value is -2.33. The van der Waals surface area contributed by atoms with Crippen LogP contribution < -0.4 is 4.74 Å². The van der Waals surface area contributed by atoms with Gasteiger partial charge < -0.3 is 14.4 Å². The van der Waals surface area contributed by atoms with E-state index in [-0.39, 0.29) is 5.97 Å². The summed E-state index contributed by atoms with van der Waals surface area (Å²) in [5.41, 5.74) is 2.63. The van der Waals surface area contributed by atoms with E-state index in [1.807, 2.05) is 13.0 Å². The molecule has 1 aliphatic heterocycles. The molecule has 0 aromatic heterocycles. The number of carbonyl (C=O) groups excluding carboxylic acids is 1. The molecular weight excluding hydrogens is 362 g/mol. The van der Waals surface area contributed by atoms with Crippen LogP contribution in [-0.2, 0) is 16.0 Å². The Morgan fingerprint density at radius 2 is 1.69 bits per heavy atom. The number of carbonyl (C=O) groups is 1. The zero-order valence-corrected chi connectivity index (χ0v) is 17.5. The molecule has 0 N–H and O–H groups in total. The first-order valence-corrected chi connectivity index (χ1v) is 10.9. The molecule has 1 saturated heterocycles. The van der Waals surface area contributed by atoms with Gasteiger partial charge in [0.25, 0.3) is 0 Å². The lowest BCUT2D eigenvalue weighted by atomic mass is 9.93. The normalized spacial score (nSPS) is 15.2. The Morgan fingerprint density at radius 3 is 2.38 bits per heavy atom.